The van der Waals surface area contributed by atoms with Crippen LogP contribution < -0.4 is 0 Å². The third kappa shape index (κ3) is 4.00. The summed E-state index contributed by atoms with van der Waals surface area (Å²) in [7, 11) is 0. The zero-order chi connectivity index (χ0) is 8.69. The van der Waals surface area contributed by atoms with Crippen LogP contribution in [-0.2, 0) is 0 Å². The monoisotopic (exact) mass is 155 g/mol. The third-order valence-electron chi connectivity index (χ3n) is 1.81. The lowest BCUT2D eigenvalue weighted by molar-refractivity contribution is 0.118. The lowest BCUT2D eigenvalue weighted by Gasteiger charge is -2.14. The highest BCUT2D eigenvalue weighted by molar-refractivity contribution is 4.87. The highest BCUT2D eigenvalue weighted by Crippen LogP contribution is 2.14. The summed E-state index contributed by atoms with van der Waals surface area (Å²) in [6, 6.07) is 2.14. The van der Waals surface area contributed by atoms with Crippen molar-refractivity contribution in [2.45, 2.75) is 45.6 Å². The van der Waals surface area contributed by atoms with E-state index in [4.69, 9.17) is 5.26 Å². The van der Waals surface area contributed by atoms with Crippen molar-refractivity contribution in [1.29, 1.82) is 5.26 Å². The summed E-state index contributed by atoms with van der Waals surface area (Å²) >= 11 is 0. The number of nitriles is 1. The first kappa shape index (κ1) is 10.4. The SMILES string of the molecule is CCCC(C#N)[C@@H](O)CCC. The number of nitrogens with zero attached hydrogens (tertiary/aromatic N) is 1. The van der Waals surface area contributed by atoms with Crippen LogP contribution in [0.3, 0.4) is 0 Å². The van der Waals surface area contributed by atoms with Crippen LogP contribution in [0.5, 0.6) is 0 Å². The average Bonchev–Trinajstić information content (AvgIpc) is 2.00. The van der Waals surface area contributed by atoms with Gasteiger partial charge in [-0.15, -0.1) is 0 Å². The van der Waals surface area contributed by atoms with Gasteiger partial charge in [0.25, 0.3) is 0 Å². The summed E-state index contributed by atoms with van der Waals surface area (Å²) in [5.41, 5.74) is 0. The summed E-state index contributed by atoms with van der Waals surface area (Å²) < 4.78 is 0. The van der Waals surface area contributed by atoms with Crippen LogP contribution in [0.2, 0.25) is 0 Å². The minimum atomic E-state index is -0.412. The molecule has 0 saturated heterocycles. The van der Waals surface area contributed by atoms with Crippen molar-refractivity contribution in [3.05, 3.63) is 0 Å². The zero-order valence-corrected chi connectivity index (χ0v) is 7.38. The highest BCUT2D eigenvalue weighted by Gasteiger charge is 2.15. The van der Waals surface area contributed by atoms with Crippen LogP contribution in [0.15, 0.2) is 0 Å². The summed E-state index contributed by atoms with van der Waals surface area (Å²) in [6.07, 6.45) is 3.07. The van der Waals surface area contributed by atoms with Gasteiger partial charge in [-0.2, -0.15) is 5.26 Å². The topological polar surface area (TPSA) is 44.0 Å². The molecule has 0 bridgehead atoms. The third-order valence-corrected chi connectivity index (χ3v) is 1.81. The number of aliphatic hydroxyl groups is 1. The molecule has 0 rings (SSSR count). The molecule has 2 heteroatoms. The molecular formula is C9H17NO. The fraction of sp³-hybridized carbons (Fsp3) is 0.889. The molecule has 0 radical (unpaired) electrons. The maximum atomic E-state index is 9.42. The molecule has 11 heavy (non-hydrogen) atoms. The molecular weight excluding hydrogens is 138 g/mol. The van der Waals surface area contributed by atoms with Gasteiger partial charge in [0, 0.05) is 0 Å². The van der Waals surface area contributed by atoms with E-state index in [1.165, 1.54) is 0 Å². The molecule has 64 valence electrons. The van der Waals surface area contributed by atoms with E-state index in [0.29, 0.717) is 0 Å². The molecule has 0 heterocycles. The largest absolute Gasteiger partial charge is 0.392 e. The molecule has 0 saturated carbocycles. The Bertz CT molecular complexity index is 128. The maximum Gasteiger partial charge on any atom is 0.0722 e. The average molecular weight is 155 g/mol. The molecule has 1 unspecified atom stereocenters. The van der Waals surface area contributed by atoms with E-state index in [1.807, 2.05) is 13.8 Å². The van der Waals surface area contributed by atoms with Gasteiger partial charge in [0.2, 0.25) is 0 Å². The van der Waals surface area contributed by atoms with Crippen molar-refractivity contribution >= 4 is 0 Å². The molecule has 0 fully saturated rings. The minimum Gasteiger partial charge on any atom is -0.392 e. The predicted molar refractivity (Wildman–Crippen MR) is 44.9 cm³/mol. The summed E-state index contributed by atoms with van der Waals surface area (Å²) in [4.78, 5) is 0. The van der Waals surface area contributed by atoms with Gasteiger partial charge in [0.1, 0.15) is 0 Å². The van der Waals surface area contributed by atoms with Gasteiger partial charge >= 0.3 is 0 Å². The molecule has 0 amide bonds. The van der Waals surface area contributed by atoms with E-state index in [-0.39, 0.29) is 5.92 Å². The van der Waals surface area contributed by atoms with Crippen LogP contribution in [-0.4, -0.2) is 11.2 Å². The van der Waals surface area contributed by atoms with Gasteiger partial charge in [0.05, 0.1) is 18.1 Å². The lowest BCUT2D eigenvalue weighted by atomic mass is 9.96. The highest BCUT2D eigenvalue weighted by atomic mass is 16.3. The summed E-state index contributed by atoms with van der Waals surface area (Å²) in [5, 5.41) is 18.1. The van der Waals surface area contributed by atoms with E-state index < -0.39 is 6.10 Å². The Hall–Kier alpha value is -0.550. The Kier molecular flexibility index (Phi) is 5.87. The number of aliphatic hydroxyl groups excluding tert-OH is 1. The first-order chi connectivity index (χ1) is 5.26. The fourth-order valence-electron chi connectivity index (χ4n) is 1.15. The van der Waals surface area contributed by atoms with E-state index in [2.05, 4.69) is 6.07 Å². The molecule has 0 aliphatic heterocycles. The molecule has 0 aliphatic rings. The van der Waals surface area contributed by atoms with Crippen LogP contribution in [0, 0.1) is 17.2 Å². The van der Waals surface area contributed by atoms with Gasteiger partial charge in [-0.05, 0) is 12.8 Å². The molecule has 1 N–H and O–H groups in total. The van der Waals surface area contributed by atoms with Crippen molar-refractivity contribution in [3.63, 3.8) is 0 Å². The van der Waals surface area contributed by atoms with Crippen LogP contribution in [0.4, 0.5) is 0 Å². The lowest BCUT2D eigenvalue weighted by Crippen LogP contribution is -2.18. The van der Waals surface area contributed by atoms with Crippen molar-refractivity contribution in [2.75, 3.05) is 0 Å². The van der Waals surface area contributed by atoms with Crippen molar-refractivity contribution in [2.24, 2.45) is 5.92 Å². The molecule has 0 aromatic carbocycles. The summed E-state index contributed by atoms with van der Waals surface area (Å²) in [5.74, 6) is -0.153. The van der Waals surface area contributed by atoms with Crippen LogP contribution in [0.25, 0.3) is 0 Å². The number of hydrogen-bond donors (Lipinski definition) is 1. The molecule has 2 nitrogen and oxygen atoms in total. The Morgan fingerprint density at radius 2 is 1.82 bits per heavy atom. The van der Waals surface area contributed by atoms with Crippen molar-refractivity contribution in [3.8, 4) is 6.07 Å². The molecule has 0 spiro atoms. The van der Waals surface area contributed by atoms with Gasteiger partial charge < -0.3 is 5.11 Å². The van der Waals surface area contributed by atoms with E-state index in [1.54, 1.807) is 0 Å². The van der Waals surface area contributed by atoms with Gasteiger partial charge in [-0.1, -0.05) is 26.7 Å². The number of rotatable bonds is 5. The molecule has 0 aromatic rings. The standard InChI is InChI=1S/C9H17NO/c1-3-5-8(7-10)9(11)6-4-2/h8-9,11H,3-6H2,1-2H3/t8?,9-/m0/s1. The Labute approximate surface area is 68.8 Å². The normalized spacial score (nSPS) is 15.5. The van der Waals surface area contributed by atoms with Gasteiger partial charge in [0.15, 0.2) is 0 Å². The van der Waals surface area contributed by atoms with E-state index >= 15 is 0 Å². The van der Waals surface area contributed by atoms with Crippen molar-refractivity contribution in [1.82, 2.24) is 0 Å². The first-order valence-electron chi connectivity index (χ1n) is 4.33. The second-order valence-corrected chi connectivity index (χ2v) is 2.88. The fourth-order valence-corrected chi connectivity index (χ4v) is 1.15. The predicted octanol–water partition coefficient (Wildman–Crippen LogP) is 2.09. The summed E-state index contributed by atoms with van der Waals surface area (Å²) in [6.45, 7) is 4.05. The number of hydrogen-bond acceptors (Lipinski definition) is 2. The van der Waals surface area contributed by atoms with E-state index in [0.717, 1.165) is 25.7 Å². The van der Waals surface area contributed by atoms with Crippen LogP contribution in [0.1, 0.15) is 39.5 Å². The Morgan fingerprint density at radius 3 is 2.18 bits per heavy atom. The quantitative estimate of drug-likeness (QED) is 0.660. The second-order valence-electron chi connectivity index (χ2n) is 2.88. The van der Waals surface area contributed by atoms with Gasteiger partial charge in [-0.25, -0.2) is 0 Å². The van der Waals surface area contributed by atoms with Gasteiger partial charge in [-0.3, -0.25) is 0 Å². The first-order valence-corrected chi connectivity index (χ1v) is 4.33. The Morgan fingerprint density at radius 1 is 1.27 bits per heavy atom. The molecule has 0 aromatic heterocycles. The minimum absolute atomic E-state index is 0.153. The smallest absolute Gasteiger partial charge is 0.0722 e. The second kappa shape index (κ2) is 6.18. The van der Waals surface area contributed by atoms with Crippen LogP contribution >= 0.6 is 0 Å². The van der Waals surface area contributed by atoms with E-state index in [9.17, 15) is 5.11 Å². The maximum absolute atomic E-state index is 9.42. The van der Waals surface area contributed by atoms with Crippen molar-refractivity contribution < 1.29 is 5.11 Å². The zero-order valence-electron chi connectivity index (χ0n) is 7.38. The Balaban J connectivity index is 3.73. The molecule has 2 atom stereocenters. The molecule has 0 aliphatic carbocycles.